The van der Waals surface area contributed by atoms with E-state index < -0.39 is 60.1 Å². The summed E-state index contributed by atoms with van der Waals surface area (Å²) in [5, 5.41) is 19.7. The number of nitrogens with one attached hydrogen (secondary N) is 5. The molecule has 0 aliphatic heterocycles. The van der Waals surface area contributed by atoms with Crippen molar-refractivity contribution in [2.75, 3.05) is 6.54 Å². The average molecular weight is 531 g/mol. The topological polar surface area (TPSA) is 213 Å². The number of primary amides is 1. The molecule has 13 heteroatoms. The maximum absolute atomic E-state index is 13.4. The third-order valence-electron chi connectivity index (χ3n) is 5.77. The molecular formula is C25H34N6O7. The van der Waals surface area contributed by atoms with Crippen molar-refractivity contribution >= 4 is 46.4 Å². The van der Waals surface area contributed by atoms with Gasteiger partial charge in [0.25, 0.3) is 0 Å². The number of carboxylic acids is 1. The minimum atomic E-state index is -1.46. The van der Waals surface area contributed by atoms with Crippen molar-refractivity contribution in [2.45, 2.75) is 64.1 Å². The molecule has 2 aromatic rings. The lowest BCUT2D eigenvalue weighted by molar-refractivity contribution is -0.140. The third-order valence-corrected chi connectivity index (χ3v) is 5.77. The molecule has 0 unspecified atom stereocenters. The second-order valence-electron chi connectivity index (χ2n) is 8.86. The van der Waals surface area contributed by atoms with E-state index in [1.165, 1.54) is 6.92 Å². The molecule has 8 N–H and O–H groups in total. The van der Waals surface area contributed by atoms with E-state index in [1.807, 2.05) is 31.2 Å². The molecule has 1 aromatic carbocycles. The smallest absolute Gasteiger partial charge is 0.305 e. The van der Waals surface area contributed by atoms with Crippen molar-refractivity contribution in [3.8, 4) is 0 Å². The second kappa shape index (κ2) is 14.4. The molecule has 0 saturated heterocycles. The van der Waals surface area contributed by atoms with Crippen LogP contribution in [-0.2, 0) is 35.2 Å². The minimum Gasteiger partial charge on any atom is -0.481 e. The van der Waals surface area contributed by atoms with Gasteiger partial charge in [0, 0.05) is 30.4 Å². The zero-order valence-corrected chi connectivity index (χ0v) is 21.3. The highest BCUT2D eigenvalue weighted by molar-refractivity contribution is 5.96. The number of carbonyl (C=O) groups excluding carboxylic acids is 5. The molecule has 0 spiro atoms. The molecule has 3 atom stereocenters. The lowest BCUT2D eigenvalue weighted by Gasteiger charge is -2.24. The maximum Gasteiger partial charge on any atom is 0.305 e. The molecule has 0 saturated carbocycles. The van der Waals surface area contributed by atoms with Gasteiger partial charge in [-0.15, -0.1) is 0 Å². The summed E-state index contributed by atoms with van der Waals surface area (Å²) in [4.78, 5) is 75.8. The lowest BCUT2D eigenvalue weighted by Crippen LogP contribution is -2.57. The van der Waals surface area contributed by atoms with Crippen molar-refractivity contribution in [1.29, 1.82) is 0 Å². The van der Waals surface area contributed by atoms with Gasteiger partial charge < -0.3 is 37.1 Å². The van der Waals surface area contributed by atoms with Crippen LogP contribution < -0.4 is 27.0 Å². The van der Waals surface area contributed by atoms with Gasteiger partial charge in [-0.05, 0) is 18.1 Å². The number of fused-ring (bicyclic) bond motifs is 1. The van der Waals surface area contributed by atoms with Gasteiger partial charge in [0.1, 0.15) is 18.1 Å². The first-order chi connectivity index (χ1) is 18.0. The number of nitrogens with two attached hydrogens (primary N) is 1. The number of amides is 5. The lowest BCUT2D eigenvalue weighted by atomic mass is 10.0. The van der Waals surface area contributed by atoms with Crippen LogP contribution in [0.15, 0.2) is 30.5 Å². The van der Waals surface area contributed by atoms with E-state index in [4.69, 9.17) is 10.8 Å². The molecule has 13 nitrogen and oxygen atoms in total. The summed E-state index contributed by atoms with van der Waals surface area (Å²) in [5.41, 5.74) is 6.80. The van der Waals surface area contributed by atoms with E-state index in [0.717, 1.165) is 16.5 Å². The second-order valence-corrected chi connectivity index (χ2v) is 8.86. The number of aromatic nitrogens is 1. The maximum atomic E-state index is 13.4. The molecule has 206 valence electrons. The zero-order chi connectivity index (χ0) is 28.2. The Bertz CT molecular complexity index is 1180. The Morgan fingerprint density at radius 1 is 0.974 bits per heavy atom. The van der Waals surface area contributed by atoms with Crippen LogP contribution in [0.1, 0.15) is 45.1 Å². The largest absolute Gasteiger partial charge is 0.481 e. The first-order valence-electron chi connectivity index (χ1n) is 12.2. The Balaban J connectivity index is 2.25. The van der Waals surface area contributed by atoms with Crippen molar-refractivity contribution in [3.05, 3.63) is 36.0 Å². The van der Waals surface area contributed by atoms with Gasteiger partial charge in [0.05, 0.1) is 13.0 Å². The number of hydrogen-bond donors (Lipinski definition) is 7. The Morgan fingerprint density at radius 3 is 2.26 bits per heavy atom. The van der Waals surface area contributed by atoms with Crippen LogP contribution in [0.4, 0.5) is 0 Å². The molecule has 38 heavy (non-hydrogen) atoms. The molecule has 5 amide bonds. The SMILES string of the molecule is CCCC[C@H](NC(=O)[C@H](Cc1c[nH]c2ccccc12)NC(=O)CNC(C)=O)C(=O)N[C@@H](CC(=O)O)C(N)=O. The molecule has 2 rings (SSSR count). The molecule has 0 aliphatic rings. The Hall–Kier alpha value is -4.42. The average Bonchev–Trinajstić information content (AvgIpc) is 3.26. The van der Waals surface area contributed by atoms with Crippen molar-refractivity contribution in [2.24, 2.45) is 5.73 Å². The van der Waals surface area contributed by atoms with E-state index in [9.17, 15) is 28.8 Å². The predicted molar refractivity (Wildman–Crippen MR) is 137 cm³/mol. The zero-order valence-electron chi connectivity index (χ0n) is 21.3. The van der Waals surface area contributed by atoms with Gasteiger partial charge in [0.15, 0.2) is 0 Å². The number of carboxylic acid groups (broad SMARTS) is 1. The highest BCUT2D eigenvalue weighted by Gasteiger charge is 2.30. The monoisotopic (exact) mass is 530 g/mol. The molecule has 1 heterocycles. The van der Waals surface area contributed by atoms with Crippen molar-refractivity contribution < 1.29 is 33.9 Å². The van der Waals surface area contributed by atoms with E-state index in [2.05, 4.69) is 26.3 Å². The number of aliphatic carboxylic acids is 1. The third kappa shape index (κ3) is 9.22. The normalized spacial score (nSPS) is 13.1. The first kappa shape index (κ1) is 29.8. The molecule has 0 radical (unpaired) electrons. The quantitative estimate of drug-likeness (QED) is 0.159. The summed E-state index contributed by atoms with van der Waals surface area (Å²) in [6.07, 6.45) is 2.52. The molecule has 0 bridgehead atoms. The first-order valence-corrected chi connectivity index (χ1v) is 12.2. The Labute approximate surface area is 219 Å². The van der Waals surface area contributed by atoms with Gasteiger partial charge in [-0.2, -0.15) is 0 Å². The van der Waals surface area contributed by atoms with Gasteiger partial charge in [-0.3, -0.25) is 28.8 Å². The van der Waals surface area contributed by atoms with Crippen LogP contribution in [0.2, 0.25) is 0 Å². The van der Waals surface area contributed by atoms with Gasteiger partial charge in [-0.1, -0.05) is 38.0 Å². The van der Waals surface area contributed by atoms with E-state index >= 15 is 0 Å². The molecular weight excluding hydrogens is 496 g/mol. The number of hydrogen-bond acceptors (Lipinski definition) is 6. The van der Waals surface area contributed by atoms with E-state index in [-0.39, 0.29) is 19.4 Å². The van der Waals surface area contributed by atoms with Crippen LogP contribution >= 0.6 is 0 Å². The highest BCUT2D eigenvalue weighted by atomic mass is 16.4. The summed E-state index contributed by atoms with van der Waals surface area (Å²) in [6, 6.07) is 3.72. The Morgan fingerprint density at radius 2 is 1.63 bits per heavy atom. The number of aromatic amines is 1. The number of unbranched alkanes of at least 4 members (excludes halogenated alkanes) is 1. The van der Waals surface area contributed by atoms with Crippen LogP contribution in [0.3, 0.4) is 0 Å². The van der Waals surface area contributed by atoms with E-state index in [0.29, 0.717) is 12.8 Å². The number of H-pyrrole nitrogens is 1. The predicted octanol–water partition coefficient (Wildman–Crippen LogP) is -0.549. The van der Waals surface area contributed by atoms with Gasteiger partial charge >= 0.3 is 5.97 Å². The fourth-order valence-electron chi connectivity index (χ4n) is 3.80. The summed E-state index contributed by atoms with van der Waals surface area (Å²) in [6.45, 7) is 2.79. The van der Waals surface area contributed by atoms with Crippen molar-refractivity contribution in [1.82, 2.24) is 26.3 Å². The van der Waals surface area contributed by atoms with Crippen LogP contribution in [0.25, 0.3) is 10.9 Å². The summed E-state index contributed by atoms with van der Waals surface area (Å²) in [5.74, 6) is -4.82. The fourth-order valence-corrected chi connectivity index (χ4v) is 3.80. The van der Waals surface area contributed by atoms with Crippen molar-refractivity contribution in [3.63, 3.8) is 0 Å². The minimum absolute atomic E-state index is 0.0761. The van der Waals surface area contributed by atoms with Crippen LogP contribution in [0.5, 0.6) is 0 Å². The van der Waals surface area contributed by atoms with Gasteiger partial charge in [0.2, 0.25) is 29.5 Å². The molecule has 0 fully saturated rings. The number of carbonyl (C=O) groups is 6. The van der Waals surface area contributed by atoms with E-state index in [1.54, 1.807) is 6.20 Å². The fraction of sp³-hybridized carbons (Fsp3) is 0.440. The Kier molecular flexibility index (Phi) is 11.3. The number of benzene rings is 1. The number of rotatable bonds is 15. The van der Waals surface area contributed by atoms with Crippen LogP contribution in [-0.4, -0.2) is 70.3 Å². The summed E-state index contributed by atoms with van der Waals surface area (Å²) in [7, 11) is 0. The van der Waals surface area contributed by atoms with Crippen LogP contribution in [0, 0.1) is 0 Å². The summed E-state index contributed by atoms with van der Waals surface area (Å²) < 4.78 is 0. The highest BCUT2D eigenvalue weighted by Crippen LogP contribution is 2.19. The number of para-hydroxylation sites is 1. The molecule has 1 aromatic heterocycles. The standard InChI is InChI=1S/C25H34N6O7/c1-3-4-8-18(24(37)31-19(23(26)36)11-22(34)35)30-25(38)20(29-21(33)13-27-14(2)32)10-15-12-28-17-9-6-5-7-16(15)17/h5-7,9,12,18-20,28H,3-4,8,10-11,13H2,1-2H3,(H2,26,36)(H,27,32)(H,29,33)(H,30,38)(H,31,37)(H,34,35)/t18-,19-,20-/m0/s1. The summed E-state index contributed by atoms with van der Waals surface area (Å²) >= 11 is 0. The molecule has 0 aliphatic carbocycles. The van der Waals surface area contributed by atoms with Gasteiger partial charge in [-0.25, -0.2) is 0 Å².